The normalized spacial score (nSPS) is 22.0. The number of benzene rings is 1. The number of likely N-dealkylation sites (tertiary alicyclic amines) is 1. The van der Waals surface area contributed by atoms with Gasteiger partial charge < -0.3 is 30.5 Å². The summed E-state index contributed by atoms with van der Waals surface area (Å²) in [6.45, 7) is 5.52. The van der Waals surface area contributed by atoms with E-state index in [1.807, 2.05) is 13.0 Å². The number of primary amides is 1. The molecule has 2 aliphatic heterocycles. The summed E-state index contributed by atoms with van der Waals surface area (Å²) in [5.74, 6) is 0.581. The Bertz CT molecular complexity index is 739. The van der Waals surface area contributed by atoms with Gasteiger partial charge in [0.25, 0.3) is 5.91 Å². The Kier molecular flexibility index (Phi) is 7.33. The van der Waals surface area contributed by atoms with Crippen molar-refractivity contribution < 1.29 is 24.2 Å². The number of aliphatic hydroxyl groups excluding tert-OH is 1. The van der Waals surface area contributed by atoms with E-state index in [1.54, 1.807) is 6.07 Å². The maximum absolute atomic E-state index is 12.8. The molecule has 1 fully saturated rings. The third-order valence-electron chi connectivity index (χ3n) is 5.46. The molecule has 4 N–H and O–H groups in total. The lowest BCUT2D eigenvalue weighted by molar-refractivity contribution is -0.118. The van der Waals surface area contributed by atoms with E-state index in [0.717, 1.165) is 31.5 Å². The molecule has 0 bridgehead atoms. The minimum absolute atomic E-state index is 0.00748. The van der Waals surface area contributed by atoms with Crippen LogP contribution in [-0.2, 0) is 4.79 Å². The van der Waals surface area contributed by atoms with Crippen molar-refractivity contribution >= 4 is 11.8 Å². The molecule has 2 atom stereocenters. The van der Waals surface area contributed by atoms with Crippen LogP contribution in [0.25, 0.3) is 0 Å². The number of hydrogen-bond acceptors (Lipinski definition) is 6. The second-order valence-corrected chi connectivity index (χ2v) is 7.89. The molecule has 1 aromatic carbocycles. The molecular weight excluding hydrogens is 374 g/mol. The number of nitrogens with zero attached hydrogens (tertiary/aromatic N) is 1. The molecule has 8 heteroatoms. The molecule has 0 unspecified atom stereocenters. The number of rotatable bonds is 7. The van der Waals surface area contributed by atoms with Gasteiger partial charge in [-0.25, -0.2) is 0 Å². The number of carbonyl (C=O) groups excluding carboxylic acids is 2. The van der Waals surface area contributed by atoms with Gasteiger partial charge in [-0.2, -0.15) is 0 Å². The first kappa shape index (κ1) is 21.4. The van der Waals surface area contributed by atoms with Crippen LogP contribution >= 0.6 is 0 Å². The fourth-order valence-corrected chi connectivity index (χ4v) is 3.86. The molecule has 2 amide bonds. The number of nitrogens with one attached hydrogen (secondary N) is 1. The molecule has 0 saturated carbocycles. The molecule has 1 aromatic rings. The fraction of sp³-hybridized carbons (Fsp3) is 0.619. The molecule has 160 valence electrons. The zero-order valence-electron chi connectivity index (χ0n) is 17.0. The van der Waals surface area contributed by atoms with Crippen molar-refractivity contribution in [3.8, 4) is 11.5 Å². The van der Waals surface area contributed by atoms with Crippen LogP contribution in [0.5, 0.6) is 11.5 Å². The Morgan fingerprint density at radius 2 is 2.10 bits per heavy atom. The van der Waals surface area contributed by atoms with Gasteiger partial charge in [0.1, 0.15) is 0 Å². The molecule has 3 rings (SSSR count). The lowest BCUT2D eigenvalue weighted by Crippen LogP contribution is -2.47. The van der Waals surface area contributed by atoms with Gasteiger partial charge in [0, 0.05) is 31.8 Å². The van der Waals surface area contributed by atoms with Crippen molar-refractivity contribution in [3.63, 3.8) is 0 Å². The molecule has 1 saturated heterocycles. The SMILES string of the molecule is Cc1cc2c(c(C(=O)NC[C@H]3CCN(CCCC(N)=O)C[C@H]3O)c1)OCCCO2. The average Bonchev–Trinajstić information content (AvgIpc) is 2.91. The second kappa shape index (κ2) is 9.93. The Morgan fingerprint density at radius 1 is 1.31 bits per heavy atom. The van der Waals surface area contributed by atoms with Gasteiger partial charge in [0.2, 0.25) is 5.91 Å². The molecule has 0 aromatic heterocycles. The first-order chi connectivity index (χ1) is 13.9. The number of amides is 2. The zero-order chi connectivity index (χ0) is 20.8. The zero-order valence-corrected chi connectivity index (χ0v) is 17.0. The Labute approximate surface area is 171 Å². The van der Waals surface area contributed by atoms with Crippen molar-refractivity contribution in [1.29, 1.82) is 0 Å². The number of ether oxygens (including phenoxy) is 2. The standard InChI is InChI=1S/C21H31N3O5/c1-14-10-16(20-18(11-14)28-8-3-9-29-20)21(27)23-12-15-5-7-24(13-17(15)25)6-2-4-19(22)26/h10-11,15,17,25H,2-9,12-13H2,1H3,(H2,22,26)(H,23,27)/t15-,17-/m1/s1. The van der Waals surface area contributed by atoms with Gasteiger partial charge in [-0.3, -0.25) is 9.59 Å². The lowest BCUT2D eigenvalue weighted by atomic mass is 9.93. The topological polar surface area (TPSA) is 114 Å². The second-order valence-electron chi connectivity index (χ2n) is 7.89. The molecule has 8 nitrogen and oxygen atoms in total. The van der Waals surface area contributed by atoms with Crippen LogP contribution in [0.2, 0.25) is 0 Å². The van der Waals surface area contributed by atoms with Crippen LogP contribution in [0.15, 0.2) is 12.1 Å². The monoisotopic (exact) mass is 405 g/mol. The summed E-state index contributed by atoms with van der Waals surface area (Å²) >= 11 is 0. The molecule has 29 heavy (non-hydrogen) atoms. The van der Waals surface area contributed by atoms with Crippen molar-refractivity contribution in [1.82, 2.24) is 10.2 Å². The van der Waals surface area contributed by atoms with Crippen molar-refractivity contribution in [2.24, 2.45) is 11.7 Å². The summed E-state index contributed by atoms with van der Waals surface area (Å²) in [6, 6.07) is 3.69. The van der Waals surface area contributed by atoms with E-state index in [9.17, 15) is 14.7 Å². The van der Waals surface area contributed by atoms with E-state index in [1.165, 1.54) is 0 Å². The maximum Gasteiger partial charge on any atom is 0.255 e. The van der Waals surface area contributed by atoms with Crippen LogP contribution in [0.3, 0.4) is 0 Å². The molecular formula is C21H31N3O5. The smallest absolute Gasteiger partial charge is 0.255 e. The van der Waals surface area contributed by atoms with Crippen LogP contribution in [0.4, 0.5) is 0 Å². The summed E-state index contributed by atoms with van der Waals surface area (Å²) in [5, 5.41) is 13.4. The number of aryl methyl sites for hydroxylation is 1. The highest BCUT2D eigenvalue weighted by molar-refractivity contribution is 5.98. The largest absolute Gasteiger partial charge is 0.490 e. The quantitative estimate of drug-likeness (QED) is 0.619. The number of piperidine rings is 1. The molecule has 0 aliphatic carbocycles. The number of nitrogens with two attached hydrogens (primary N) is 1. The summed E-state index contributed by atoms with van der Waals surface area (Å²) in [4.78, 5) is 25.8. The van der Waals surface area contributed by atoms with Crippen LogP contribution in [-0.4, -0.2) is 67.3 Å². The summed E-state index contributed by atoms with van der Waals surface area (Å²) < 4.78 is 11.5. The van der Waals surface area contributed by atoms with E-state index >= 15 is 0 Å². The minimum atomic E-state index is -0.521. The van der Waals surface area contributed by atoms with Gasteiger partial charge >= 0.3 is 0 Å². The van der Waals surface area contributed by atoms with E-state index in [4.69, 9.17) is 15.2 Å². The van der Waals surface area contributed by atoms with Crippen LogP contribution in [0, 0.1) is 12.8 Å². The van der Waals surface area contributed by atoms with E-state index in [2.05, 4.69) is 10.2 Å². The summed E-state index contributed by atoms with van der Waals surface area (Å²) in [7, 11) is 0. The Morgan fingerprint density at radius 3 is 2.86 bits per heavy atom. The Hall–Kier alpha value is -2.32. The predicted octanol–water partition coefficient (Wildman–Crippen LogP) is 0.834. The minimum Gasteiger partial charge on any atom is -0.490 e. The number of fused-ring (bicyclic) bond motifs is 1. The highest BCUT2D eigenvalue weighted by Crippen LogP contribution is 2.34. The highest BCUT2D eigenvalue weighted by Gasteiger charge is 2.28. The first-order valence-corrected chi connectivity index (χ1v) is 10.3. The molecule has 0 spiro atoms. The van der Waals surface area contributed by atoms with Gasteiger partial charge in [0.15, 0.2) is 11.5 Å². The average molecular weight is 405 g/mol. The summed E-state index contributed by atoms with van der Waals surface area (Å²) in [6.07, 6.45) is 2.09. The van der Waals surface area contributed by atoms with Crippen molar-refractivity contribution in [2.75, 3.05) is 39.4 Å². The maximum atomic E-state index is 12.8. The first-order valence-electron chi connectivity index (χ1n) is 10.3. The van der Waals surface area contributed by atoms with Gasteiger partial charge in [-0.05, 0) is 50.6 Å². The molecule has 2 heterocycles. The van der Waals surface area contributed by atoms with Gasteiger partial charge in [0.05, 0.1) is 24.9 Å². The number of carbonyl (C=O) groups is 2. The van der Waals surface area contributed by atoms with Gasteiger partial charge in [-0.15, -0.1) is 0 Å². The highest BCUT2D eigenvalue weighted by atomic mass is 16.5. The van der Waals surface area contributed by atoms with Crippen LogP contribution in [0.1, 0.15) is 41.6 Å². The predicted molar refractivity (Wildman–Crippen MR) is 108 cm³/mol. The number of β-amino-alcohol motifs (C(OH)–C–C–N with tert-alkyl or cyclic N) is 1. The lowest BCUT2D eigenvalue weighted by Gasteiger charge is -2.36. The molecule has 0 radical (unpaired) electrons. The van der Waals surface area contributed by atoms with Crippen LogP contribution < -0.4 is 20.5 Å². The van der Waals surface area contributed by atoms with E-state index < -0.39 is 6.10 Å². The fourth-order valence-electron chi connectivity index (χ4n) is 3.86. The van der Waals surface area contributed by atoms with E-state index in [0.29, 0.717) is 56.2 Å². The van der Waals surface area contributed by atoms with Gasteiger partial charge in [-0.1, -0.05) is 0 Å². The van der Waals surface area contributed by atoms with Crippen molar-refractivity contribution in [2.45, 2.75) is 38.7 Å². The molecule has 2 aliphatic rings. The van der Waals surface area contributed by atoms with E-state index in [-0.39, 0.29) is 17.7 Å². The third kappa shape index (κ3) is 5.83. The Balaban J connectivity index is 1.54. The summed E-state index contributed by atoms with van der Waals surface area (Å²) in [5.41, 5.74) is 6.58. The number of aliphatic hydroxyl groups is 1. The number of hydrogen-bond donors (Lipinski definition) is 3. The van der Waals surface area contributed by atoms with Crippen molar-refractivity contribution in [3.05, 3.63) is 23.3 Å². The third-order valence-corrected chi connectivity index (χ3v) is 5.46.